The maximum atomic E-state index is 5.59. The molecule has 0 fully saturated rings. The average molecular weight is 233 g/mol. The number of rotatable bonds is 8. The van der Waals surface area contributed by atoms with E-state index in [1.54, 1.807) is 0 Å². The van der Waals surface area contributed by atoms with Crippen molar-refractivity contribution in [3.63, 3.8) is 0 Å². The molecule has 1 unspecified atom stereocenters. The van der Waals surface area contributed by atoms with E-state index in [9.17, 15) is 0 Å². The molecule has 0 saturated carbocycles. The van der Waals surface area contributed by atoms with Gasteiger partial charge in [0.25, 0.3) is 0 Å². The highest BCUT2D eigenvalue weighted by atomic mass is 14.5. The number of benzene rings is 1. The minimum absolute atomic E-state index is 0.693. The van der Waals surface area contributed by atoms with E-state index in [0.29, 0.717) is 5.92 Å². The minimum atomic E-state index is 0.693. The largest absolute Gasteiger partial charge is 0.330 e. The Hall–Kier alpha value is -0.820. The van der Waals surface area contributed by atoms with Gasteiger partial charge in [0, 0.05) is 0 Å². The maximum Gasteiger partial charge on any atom is -0.00771 e. The van der Waals surface area contributed by atoms with Crippen LogP contribution in [0.15, 0.2) is 24.3 Å². The lowest BCUT2D eigenvalue weighted by molar-refractivity contribution is 0.581. The lowest BCUT2D eigenvalue weighted by Gasteiger charge is -2.15. The zero-order valence-corrected chi connectivity index (χ0v) is 11.4. The summed E-state index contributed by atoms with van der Waals surface area (Å²) in [7, 11) is 0. The fraction of sp³-hybridized carbons (Fsp3) is 0.625. The first-order valence-corrected chi connectivity index (χ1v) is 7.10. The van der Waals surface area contributed by atoms with Crippen molar-refractivity contribution in [3.8, 4) is 0 Å². The maximum absolute atomic E-state index is 5.59. The zero-order chi connectivity index (χ0) is 12.5. The summed E-state index contributed by atoms with van der Waals surface area (Å²) in [6.45, 7) is 5.32. The first kappa shape index (κ1) is 14.2. The van der Waals surface area contributed by atoms with Crippen molar-refractivity contribution in [2.75, 3.05) is 6.54 Å². The molecule has 0 saturated heterocycles. The highest BCUT2D eigenvalue weighted by Gasteiger charge is 2.08. The molecule has 17 heavy (non-hydrogen) atoms. The Bertz CT molecular complexity index is 289. The second-order valence-corrected chi connectivity index (χ2v) is 4.88. The van der Waals surface area contributed by atoms with Gasteiger partial charge in [0.05, 0.1) is 0 Å². The zero-order valence-electron chi connectivity index (χ0n) is 11.4. The summed E-state index contributed by atoms with van der Waals surface area (Å²) in [5, 5.41) is 0. The summed E-state index contributed by atoms with van der Waals surface area (Å²) in [4.78, 5) is 0. The van der Waals surface area contributed by atoms with Crippen molar-refractivity contribution < 1.29 is 0 Å². The van der Waals surface area contributed by atoms with Gasteiger partial charge >= 0.3 is 0 Å². The summed E-state index contributed by atoms with van der Waals surface area (Å²) in [6.07, 6.45) is 7.36. The highest BCUT2D eigenvalue weighted by molar-refractivity contribution is 5.25. The molecule has 1 rings (SSSR count). The Morgan fingerprint density at radius 3 is 2.29 bits per heavy atom. The first-order chi connectivity index (χ1) is 8.31. The van der Waals surface area contributed by atoms with Gasteiger partial charge in [-0.05, 0) is 55.7 Å². The smallest absolute Gasteiger partial charge is 0.00771 e. The van der Waals surface area contributed by atoms with Gasteiger partial charge < -0.3 is 5.73 Å². The standard InChI is InChI=1S/C16H27N/c1-3-5-7-14-9-11-16(12-10-14)15(4-2)8-6-13-17/h9-12,15H,3-8,13,17H2,1-2H3. The molecular formula is C16H27N. The molecular weight excluding hydrogens is 206 g/mol. The molecule has 2 N–H and O–H groups in total. The van der Waals surface area contributed by atoms with E-state index in [1.165, 1.54) is 43.2 Å². The first-order valence-electron chi connectivity index (χ1n) is 7.10. The van der Waals surface area contributed by atoms with E-state index in [2.05, 4.69) is 38.1 Å². The van der Waals surface area contributed by atoms with E-state index in [1.807, 2.05) is 0 Å². The van der Waals surface area contributed by atoms with Crippen LogP contribution in [0.2, 0.25) is 0 Å². The summed E-state index contributed by atoms with van der Waals surface area (Å²) < 4.78 is 0. The van der Waals surface area contributed by atoms with Crippen molar-refractivity contribution in [3.05, 3.63) is 35.4 Å². The van der Waals surface area contributed by atoms with Crippen molar-refractivity contribution in [2.45, 2.75) is 58.3 Å². The Kier molecular flexibility index (Phi) is 6.95. The van der Waals surface area contributed by atoms with Gasteiger partial charge in [0.2, 0.25) is 0 Å². The second-order valence-electron chi connectivity index (χ2n) is 4.88. The molecule has 0 spiro atoms. The lowest BCUT2D eigenvalue weighted by Crippen LogP contribution is -2.03. The van der Waals surface area contributed by atoms with Gasteiger partial charge in [0.1, 0.15) is 0 Å². The van der Waals surface area contributed by atoms with Crippen LogP contribution in [0.3, 0.4) is 0 Å². The van der Waals surface area contributed by atoms with Crippen molar-refractivity contribution in [1.82, 2.24) is 0 Å². The highest BCUT2D eigenvalue weighted by Crippen LogP contribution is 2.24. The van der Waals surface area contributed by atoms with Crippen molar-refractivity contribution >= 4 is 0 Å². The minimum Gasteiger partial charge on any atom is -0.330 e. The molecule has 0 aliphatic carbocycles. The van der Waals surface area contributed by atoms with Crippen LogP contribution >= 0.6 is 0 Å². The molecule has 96 valence electrons. The fourth-order valence-electron chi connectivity index (χ4n) is 2.31. The molecule has 1 heteroatoms. The quantitative estimate of drug-likeness (QED) is 0.713. The Morgan fingerprint density at radius 1 is 1.06 bits per heavy atom. The second kappa shape index (κ2) is 8.30. The SMILES string of the molecule is CCCCc1ccc(C(CC)CCCN)cc1. The van der Waals surface area contributed by atoms with E-state index in [0.717, 1.165) is 13.0 Å². The number of unbranched alkanes of at least 4 members (excludes halogenated alkanes) is 1. The Morgan fingerprint density at radius 2 is 1.76 bits per heavy atom. The average Bonchev–Trinajstić information content (AvgIpc) is 2.38. The number of hydrogen-bond donors (Lipinski definition) is 1. The summed E-state index contributed by atoms with van der Waals surface area (Å²) in [6, 6.07) is 9.23. The molecule has 1 nitrogen and oxygen atoms in total. The van der Waals surface area contributed by atoms with Crippen LogP contribution in [-0.2, 0) is 6.42 Å². The third-order valence-corrected chi connectivity index (χ3v) is 3.52. The predicted molar refractivity (Wildman–Crippen MR) is 76.4 cm³/mol. The van der Waals surface area contributed by atoms with E-state index in [-0.39, 0.29) is 0 Å². The molecule has 0 bridgehead atoms. The lowest BCUT2D eigenvalue weighted by atomic mass is 9.91. The molecule has 1 aromatic carbocycles. The summed E-state index contributed by atoms with van der Waals surface area (Å²) in [5.74, 6) is 0.693. The fourth-order valence-corrected chi connectivity index (χ4v) is 2.31. The van der Waals surface area contributed by atoms with Gasteiger partial charge in [-0.1, -0.05) is 44.5 Å². The molecule has 0 aliphatic rings. The van der Waals surface area contributed by atoms with Gasteiger partial charge in [-0.2, -0.15) is 0 Å². The summed E-state index contributed by atoms with van der Waals surface area (Å²) >= 11 is 0. The van der Waals surface area contributed by atoms with Gasteiger partial charge in [-0.3, -0.25) is 0 Å². The van der Waals surface area contributed by atoms with E-state index < -0.39 is 0 Å². The molecule has 1 atom stereocenters. The molecule has 0 amide bonds. The molecule has 0 heterocycles. The van der Waals surface area contributed by atoms with Crippen LogP contribution in [0.1, 0.15) is 63.0 Å². The van der Waals surface area contributed by atoms with Crippen LogP contribution in [-0.4, -0.2) is 6.54 Å². The van der Waals surface area contributed by atoms with Crippen molar-refractivity contribution in [1.29, 1.82) is 0 Å². The normalized spacial score (nSPS) is 12.6. The molecule has 1 aromatic rings. The van der Waals surface area contributed by atoms with Gasteiger partial charge in [-0.25, -0.2) is 0 Å². The van der Waals surface area contributed by atoms with Crippen molar-refractivity contribution in [2.24, 2.45) is 5.73 Å². The number of hydrogen-bond acceptors (Lipinski definition) is 1. The Balaban J connectivity index is 2.57. The van der Waals surface area contributed by atoms with Gasteiger partial charge in [0.15, 0.2) is 0 Å². The predicted octanol–water partition coefficient (Wildman–Crippen LogP) is 4.26. The van der Waals surface area contributed by atoms with Crippen LogP contribution in [0, 0.1) is 0 Å². The van der Waals surface area contributed by atoms with E-state index >= 15 is 0 Å². The number of aryl methyl sites for hydroxylation is 1. The van der Waals surface area contributed by atoms with Crippen LogP contribution in [0.5, 0.6) is 0 Å². The van der Waals surface area contributed by atoms with Gasteiger partial charge in [-0.15, -0.1) is 0 Å². The monoisotopic (exact) mass is 233 g/mol. The molecule has 0 aromatic heterocycles. The van der Waals surface area contributed by atoms with Crippen LogP contribution in [0.25, 0.3) is 0 Å². The van der Waals surface area contributed by atoms with Crippen LogP contribution in [0.4, 0.5) is 0 Å². The third-order valence-electron chi connectivity index (χ3n) is 3.52. The summed E-state index contributed by atoms with van der Waals surface area (Å²) in [5.41, 5.74) is 8.55. The Labute approximate surface area is 106 Å². The number of nitrogens with two attached hydrogens (primary N) is 1. The van der Waals surface area contributed by atoms with Crippen LogP contribution < -0.4 is 5.73 Å². The van der Waals surface area contributed by atoms with E-state index in [4.69, 9.17) is 5.73 Å². The topological polar surface area (TPSA) is 26.0 Å². The third kappa shape index (κ3) is 4.91. The molecule has 0 radical (unpaired) electrons. The molecule has 0 aliphatic heterocycles.